The molecule has 0 bridgehead atoms. The van der Waals surface area contributed by atoms with Crippen molar-refractivity contribution in [3.05, 3.63) is 76.7 Å². The molecule has 0 aliphatic carbocycles. The molecule has 2 aromatic carbocycles. The molecule has 0 radical (unpaired) electrons. The monoisotopic (exact) mass is 235 g/mol. The topological polar surface area (TPSA) is 22.0 Å². The minimum absolute atomic E-state index is 0.0266. The van der Waals surface area contributed by atoms with Gasteiger partial charge in [0.15, 0.2) is 0 Å². The first-order valence-electron chi connectivity index (χ1n) is 5.93. The Labute approximate surface area is 105 Å². The second kappa shape index (κ2) is 4.15. The van der Waals surface area contributed by atoms with E-state index in [1.54, 1.807) is 4.57 Å². The number of aromatic nitrogens is 1. The molecule has 2 nitrogen and oxygen atoms in total. The minimum Gasteiger partial charge on any atom is -0.284 e. The highest BCUT2D eigenvalue weighted by atomic mass is 16.1. The summed E-state index contributed by atoms with van der Waals surface area (Å²) in [5.74, 6) is 0. The number of aryl methyl sites for hydroxylation is 1. The molecule has 0 saturated carbocycles. The number of hydrogen-bond donors (Lipinski definition) is 0. The van der Waals surface area contributed by atoms with E-state index in [-0.39, 0.29) is 5.56 Å². The van der Waals surface area contributed by atoms with Crippen molar-refractivity contribution in [2.24, 2.45) is 0 Å². The van der Waals surface area contributed by atoms with Crippen LogP contribution in [0.25, 0.3) is 16.5 Å². The third-order valence-corrected chi connectivity index (χ3v) is 3.09. The fourth-order valence-electron chi connectivity index (χ4n) is 2.17. The largest absolute Gasteiger partial charge is 0.284 e. The van der Waals surface area contributed by atoms with Crippen LogP contribution in [0.15, 0.2) is 65.6 Å². The lowest BCUT2D eigenvalue weighted by molar-refractivity contribution is 1.01. The zero-order valence-corrected chi connectivity index (χ0v) is 10.1. The maximum absolute atomic E-state index is 12.4. The minimum atomic E-state index is 0.0266. The first kappa shape index (κ1) is 10.8. The zero-order valence-electron chi connectivity index (χ0n) is 10.1. The summed E-state index contributed by atoms with van der Waals surface area (Å²) in [6.45, 7) is 2.02. The second-order valence-electron chi connectivity index (χ2n) is 4.42. The smallest absolute Gasteiger partial charge is 0.262 e. The summed E-state index contributed by atoms with van der Waals surface area (Å²) in [6, 6.07) is 17.6. The van der Waals surface area contributed by atoms with Gasteiger partial charge in [-0.05, 0) is 42.1 Å². The highest BCUT2D eigenvalue weighted by molar-refractivity contribution is 5.81. The Morgan fingerprint density at radius 3 is 2.61 bits per heavy atom. The highest BCUT2D eigenvalue weighted by Crippen LogP contribution is 2.12. The Balaban J connectivity index is 2.31. The Hall–Kier alpha value is -2.35. The fraction of sp³-hybridized carbons (Fsp3) is 0.0625. The highest BCUT2D eigenvalue weighted by Gasteiger charge is 2.03. The molecule has 3 aromatic rings. The van der Waals surface area contributed by atoms with Crippen molar-refractivity contribution < 1.29 is 0 Å². The molecule has 0 amide bonds. The summed E-state index contributed by atoms with van der Waals surface area (Å²) >= 11 is 0. The van der Waals surface area contributed by atoms with E-state index in [1.807, 2.05) is 67.7 Å². The van der Waals surface area contributed by atoms with Crippen LogP contribution in [0.5, 0.6) is 0 Å². The molecular formula is C16H13NO. The van der Waals surface area contributed by atoms with Crippen molar-refractivity contribution in [1.29, 1.82) is 0 Å². The van der Waals surface area contributed by atoms with E-state index in [4.69, 9.17) is 0 Å². The number of pyridine rings is 1. The van der Waals surface area contributed by atoms with Gasteiger partial charge in [-0.1, -0.05) is 30.3 Å². The van der Waals surface area contributed by atoms with Gasteiger partial charge in [-0.3, -0.25) is 9.36 Å². The van der Waals surface area contributed by atoms with E-state index >= 15 is 0 Å². The average Bonchev–Trinajstić information content (AvgIpc) is 2.39. The summed E-state index contributed by atoms with van der Waals surface area (Å²) in [6.07, 6.45) is 1.83. The maximum atomic E-state index is 12.4. The molecule has 0 atom stereocenters. The summed E-state index contributed by atoms with van der Waals surface area (Å²) in [7, 11) is 0. The van der Waals surface area contributed by atoms with E-state index in [1.165, 1.54) is 0 Å². The molecule has 0 aliphatic rings. The van der Waals surface area contributed by atoms with E-state index < -0.39 is 0 Å². The van der Waals surface area contributed by atoms with Crippen LogP contribution in [0.1, 0.15) is 5.56 Å². The van der Waals surface area contributed by atoms with Gasteiger partial charge in [-0.2, -0.15) is 0 Å². The van der Waals surface area contributed by atoms with Crippen LogP contribution in [0.4, 0.5) is 0 Å². The van der Waals surface area contributed by atoms with E-state index in [9.17, 15) is 4.79 Å². The molecule has 88 valence electrons. The molecule has 0 fully saturated rings. The van der Waals surface area contributed by atoms with Crippen LogP contribution >= 0.6 is 0 Å². The second-order valence-corrected chi connectivity index (χ2v) is 4.42. The van der Waals surface area contributed by atoms with Crippen molar-refractivity contribution in [3.8, 4) is 5.69 Å². The van der Waals surface area contributed by atoms with Gasteiger partial charge in [0.05, 0.1) is 0 Å². The molecule has 1 aromatic heterocycles. The Morgan fingerprint density at radius 1 is 0.944 bits per heavy atom. The van der Waals surface area contributed by atoms with Gasteiger partial charge in [0, 0.05) is 17.3 Å². The van der Waals surface area contributed by atoms with Gasteiger partial charge < -0.3 is 0 Å². The molecule has 3 rings (SSSR count). The van der Waals surface area contributed by atoms with Gasteiger partial charge in [-0.15, -0.1) is 0 Å². The molecule has 1 heterocycles. The van der Waals surface area contributed by atoms with E-state index in [0.717, 1.165) is 22.0 Å². The molecule has 0 unspecified atom stereocenters. The van der Waals surface area contributed by atoms with Crippen molar-refractivity contribution >= 4 is 10.8 Å². The number of rotatable bonds is 1. The van der Waals surface area contributed by atoms with E-state index in [2.05, 4.69) is 0 Å². The zero-order chi connectivity index (χ0) is 12.5. The standard InChI is InChI=1S/C16H13NO/c1-12-5-4-7-14(11-12)17-10-9-13-6-2-3-8-15(13)16(17)18/h2-11H,1H3. The van der Waals surface area contributed by atoms with Crippen molar-refractivity contribution in [2.75, 3.05) is 0 Å². The summed E-state index contributed by atoms with van der Waals surface area (Å²) in [5, 5.41) is 1.73. The molecule has 2 heteroatoms. The average molecular weight is 235 g/mol. The quantitative estimate of drug-likeness (QED) is 0.634. The maximum Gasteiger partial charge on any atom is 0.262 e. The van der Waals surface area contributed by atoms with Gasteiger partial charge in [-0.25, -0.2) is 0 Å². The molecule has 0 spiro atoms. The summed E-state index contributed by atoms with van der Waals surface area (Å²) in [5.41, 5.74) is 2.08. The third kappa shape index (κ3) is 1.72. The SMILES string of the molecule is Cc1cccc(-n2ccc3ccccc3c2=O)c1. The Morgan fingerprint density at radius 2 is 1.78 bits per heavy atom. The Bertz CT molecular complexity index is 771. The first-order valence-corrected chi connectivity index (χ1v) is 5.93. The first-order chi connectivity index (χ1) is 8.75. The third-order valence-electron chi connectivity index (χ3n) is 3.09. The van der Waals surface area contributed by atoms with E-state index in [0.29, 0.717) is 0 Å². The van der Waals surface area contributed by atoms with Crippen LogP contribution in [-0.2, 0) is 0 Å². The number of fused-ring (bicyclic) bond motifs is 1. The van der Waals surface area contributed by atoms with Crippen LogP contribution in [0, 0.1) is 6.92 Å². The molecule has 18 heavy (non-hydrogen) atoms. The number of benzene rings is 2. The molecule has 0 saturated heterocycles. The predicted octanol–water partition coefficient (Wildman–Crippen LogP) is 3.30. The normalized spacial score (nSPS) is 10.7. The molecule has 0 N–H and O–H groups in total. The Kier molecular flexibility index (Phi) is 2.49. The van der Waals surface area contributed by atoms with Crippen LogP contribution in [0.3, 0.4) is 0 Å². The van der Waals surface area contributed by atoms with Crippen LogP contribution < -0.4 is 5.56 Å². The van der Waals surface area contributed by atoms with Crippen LogP contribution in [-0.4, -0.2) is 4.57 Å². The van der Waals surface area contributed by atoms with Crippen molar-refractivity contribution in [2.45, 2.75) is 6.92 Å². The fourth-order valence-corrected chi connectivity index (χ4v) is 2.17. The van der Waals surface area contributed by atoms with Crippen molar-refractivity contribution in [1.82, 2.24) is 4.57 Å². The van der Waals surface area contributed by atoms with Gasteiger partial charge >= 0.3 is 0 Å². The lowest BCUT2D eigenvalue weighted by Crippen LogP contribution is -2.17. The van der Waals surface area contributed by atoms with Gasteiger partial charge in [0.25, 0.3) is 5.56 Å². The lowest BCUT2D eigenvalue weighted by atomic mass is 10.1. The predicted molar refractivity (Wildman–Crippen MR) is 74.3 cm³/mol. The van der Waals surface area contributed by atoms with Crippen LogP contribution in [0.2, 0.25) is 0 Å². The lowest BCUT2D eigenvalue weighted by Gasteiger charge is -2.07. The molecular weight excluding hydrogens is 222 g/mol. The molecule has 0 aliphatic heterocycles. The van der Waals surface area contributed by atoms with Crippen molar-refractivity contribution in [3.63, 3.8) is 0 Å². The summed E-state index contributed by atoms with van der Waals surface area (Å²) in [4.78, 5) is 12.4. The van der Waals surface area contributed by atoms with Gasteiger partial charge in [0.1, 0.15) is 0 Å². The number of nitrogens with zero attached hydrogens (tertiary/aromatic N) is 1. The van der Waals surface area contributed by atoms with Gasteiger partial charge in [0.2, 0.25) is 0 Å². The summed E-state index contributed by atoms with van der Waals surface area (Å²) < 4.78 is 1.69. The number of hydrogen-bond acceptors (Lipinski definition) is 1.